The predicted octanol–water partition coefficient (Wildman–Crippen LogP) is 11.4. The number of rotatable bonds is 7. The number of aromatic carboxylic acids is 2. The van der Waals surface area contributed by atoms with Crippen molar-refractivity contribution in [3.05, 3.63) is 192 Å². The Balaban J connectivity index is 1.34. The molecule has 0 aromatic heterocycles. The third kappa shape index (κ3) is 15.4. The third-order valence-corrected chi connectivity index (χ3v) is 13.4. The summed E-state index contributed by atoms with van der Waals surface area (Å²) < 4.78 is 44.1. The summed E-state index contributed by atoms with van der Waals surface area (Å²) in [7, 11) is 0. The molecule has 77 heavy (non-hydrogen) atoms. The van der Waals surface area contributed by atoms with Crippen LogP contribution in [0.25, 0.3) is 0 Å². The van der Waals surface area contributed by atoms with Gasteiger partial charge in [0.15, 0.2) is 0 Å². The van der Waals surface area contributed by atoms with Gasteiger partial charge in [-0.3, -0.25) is 0 Å². The maximum Gasteiger partial charge on any atom is 0.335 e. The minimum atomic E-state index is -1.01. The van der Waals surface area contributed by atoms with E-state index in [9.17, 15) is 19.8 Å². The molecule has 1 aliphatic carbocycles. The molecule has 0 radical (unpaired) electrons. The van der Waals surface area contributed by atoms with Gasteiger partial charge in [-0.1, -0.05) is 108 Å². The van der Waals surface area contributed by atoms with Crippen molar-refractivity contribution >= 4 is 11.9 Å². The molecule has 11 nitrogen and oxygen atoms in total. The van der Waals surface area contributed by atoms with E-state index >= 15 is 0 Å². The number of benzene rings is 6. The van der Waals surface area contributed by atoms with Gasteiger partial charge in [0.1, 0.15) is 37.1 Å². The van der Waals surface area contributed by atoms with Gasteiger partial charge in [-0.25, -0.2) is 9.59 Å². The number of carbonyl (C=O) groups is 2. The molecule has 2 N–H and O–H groups in total. The van der Waals surface area contributed by atoms with Gasteiger partial charge in [-0.05, 0) is 112 Å². The van der Waals surface area contributed by atoms with Crippen molar-refractivity contribution in [2.75, 3.05) is 72.7 Å². The second-order valence-electron chi connectivity index (χ2n) is 21.5. The van der Waals surface area contributed by atoms with Crippen molar-refractivity contribution in [1.82, 2.24) is 0 Å². The van der Waals surface area contributed by atoms with Gasteiger partial charge in [-0.2, -0.15) is 0 Å². The Morgan fingerprint density at radius 2 is 0.870 bits per heavy atom. The van der Waals surface area contributed by atoms with Gasteiger partial charge >= 0.3 is 11.9 Å². The monoisotopic (exact) mass is 1040 g/mol. The molecule has 6 aromatic rings. The summed E-state index contributed by atoms with van der Waals surface area (Å²) in [6.07, 6.45) is 1.83. The highest BCUT2D eigenvalue weighted by Gasteiger charge is 2.23. The van der Waals surface area contributed by atoms with Crippen molar-refractivity contribution in [3.8, 4) is 40.9 Å². The number of fused-ring (bicyclic) bond motifs is 2. The fourth-order valence-corrected chi connectivity index (χ4v) is 9.45. The van der Waals surface area contributed by atoms with Gasteiger partial charge in [0.2, 0.25) is 0 Å². The van der Waals surface area contributed by atoms with Crippen LogP contribution in [0, 0.1) is 23.7 Å². The molecule has 0 spiro atoms. The first kappa shape index (κ1) is 55.8. The lowest BCUT2D eigenvalue weighted by molar-refractivity contribution is 0.00484. The molecule has 0 atom stereocenters. The Morgan fingerprint density at radius 3 is 1.27 bits per heavy atom. The summed E-state index contributed by atoms with van der Waals surface area (Å²) in [6.45, 7) is 18.4. The molecule has 0 unspecified atom stereocenters. The largest absolute Gasteiger partial charge is 0.491 e. The average Bonchev–Trinajstić information content (AvgIpc) is 3.38. The Morgan fingerprint density at radius 1 is 0.481 bits per heavy atom. The Hall–Kier alpha value is -7.38. The lowest BCUT2D eigenvalue weighted by Gasteiger charge is -2.22. The molecule has 2 aliphatic rings. The summed E-state index contributed by atoms with van der Waals surface area (Å²) in [6, 6.07) is 33.7. The van der Waals surface area contributed by atoms with Crippen molar-refractivity contribution in [3.63, 3.8) is 0 Å². The molecule has 0 amide bonds. The van der Waals surface area contributed by atoms with Crippen LogP contribution in [-0.2, 0) is 55.5 Å². The zero-order chi connectivity index (χ0) is 54.5. The molecule has 400 valence electrons. The highest BCUT2D eigenvalue weighted by Crippen LogP contribution is 2.38. The van der Waals surface area contributed by atoms with E-state index in [1.54, 1.807) is 24.3 Å². The van der Waals surface area contributed by atoms with Crippen molar-refractivity contribution in [1.29, 1.82) is 0 Å². The summed E-state index contributed by atoms with van der Waals surface area (Å²) in [5, 5.41) is 20.2. The first-order chi connectivity index (χ1) is 37.0. The molecule has 6 aromatic carbocycles. The van der Waals surface area contributed by atoms with Gasteiger partial charge in [0, 0.05) is 76.8 Å². The van der Waals surface area contributed by atoms with Crippen LogP contribution >= 0.6 is 0 Å². The molecular weight excluding hydrogens is 969 g/mol. The smallest absolute Gasteiger partial charge is 0.335 e. The number of ether oxygens (including phenoxy) is 7. The quantitative estimate of drug-likeness (QED) is 0.116. The lowest BCUT2D eigenvalue weighted by Crippen LogP contribution is -2.16. The topological polar surface area (TPSA) is 139 Å². The van der Waals surface area contributed by atoms with Crippen LogP contribution in [0.3, 0.4) is 0 Å². The third-order valence-electron chi connectivity index (χ3n) is 13.4. The van der Waals surface area contributed by atoms with Crippen LogP contribution in [0.1, 0.15) is 147 Å². The van der Waals surface area contributed by atoms with Crippen LogP contribution in [-0.4, -0.2) is 94.8 Å². The average molecular weight is 1040 g/mol. The minimum absolute atomic E-state index is 0.189. The van der Waals surface area contributed by atoms with Crippen LogP contribution in [0.15, 0.2) is 103 Å². The summed E-state index contributed by atoms with van der Waals surface area (Å²) in [5.41, 5.74) is 11.9. The first-order valence-corrected chi connectivity index (χ1v) is 26.5. The minimum Gasteiger partial charge on any atom is -0.491 e. The fourth-order valence-electron chi connectivity index (χ4n) is 9.45. The molecular formula is C66H70O11. The molecule has 0 saturated heterocycles. The van der Waals surface area contributed by atoms with Crippen LogP contribution in [0.2, 0.25) is 0 Å². The molecule has 8 rings (SSSR count). The number of hydrogen-bond acceptors (Lipinski definition) is 9. The molecule has 11 heteroatoms. The SMILES string of the molecule is CCOCCOc1c2cccc1Cc1cc(C#Cc3cc(C(=O)O)cc(C(C)(C)C)c3)cc3c1OCCOCCOCCOCCOc1c(cc(C#Cc4cc(C(=O)O)cc(C(C)(C)C)c4)cc1C2)Cc1cccc(c1)C3. The maximum atomic E-state index is 12.3. The number of carboxylic acids is 2. The van der Waals surface area contributed by atoms with Crippen molar-refractivity contribution in [2.45, 2.75) is 85.0 Å². The van der Waals surface area contributed by atoms with E-state index in [1.165, 1.54) is 0 Å². The zero-order valence-electron chi connectivity index (χ0n) is 45.5. The summed E-state index contributed by atoms with van der Waals surface area (Å²) in [5.74, 6) is 13.7. The van der Waals surface area contributed by atoms with Gasteiger partial charge < -0.3 is 43.4 Å². The van der Waals surface area contributed by atoms with E-state index in [0.717, 1.165) is 78.3 Å². The Labute approximate surface area is 453 Å². The fraction of sp³-hybridized carbons (Fsp3) is 0.364. The van der Waals surface area contributed by atoms with Crippen LogP contribution in [0.4, 0.5) is 0 Å². The van der Waals surface area contributed by atoms with Crippen molar-refractivity contribution in [2.24, 2.45) is 0 Å². The summed E-state index contributed by atoms with van der Waals surface area (Å²) in [4.78, 5) is 24.7. The molecule has 0 fully saturated rings. The van der Waals surface area contributed by atoms with E-state index in [2.05, 4.69) is 132 Å². The number of hydrogen-bond donors (Lipinski definition) is 2. The highest BCUT2D eigenvalue weighted by molar-refractivity contribution is 5.89. The maximum absolute atomic E-state index is 12.3. The molecule has 1 heterocycles. The second kappa shape index (κ2) is 25.6. The Kier molecular flexibility index (Phi) is 18.6. The standard InChI is InChI=1S/C66H70O11/c1-8-71-23-26-75-60-50-13-10-14-51(60)41-55-35-47(16-18-49-37-57(64(69)70)43-59(39-49)66(5,6)7)33-53-31-45-12-9-11-44(29-45)30-52-32-46(15-17-48-36-56(63(67)68)42-58(38-48)65(2,3)4)34-54(40-50)61(52)76-27-24-73-21-19-72-20-22-74-25-28-77-62(53)55/h9-14,29,32-39,42-43H,8,19-28,30-31,40-41H2,1-7H3,(H,67,68)(H,69,70). The highest BCUT2D eigenvalue weighted by atomic mass is 16.6. The number of para-hydroxylation sites is 1. The van der Waals surface area contributed by atoms with E-state index in [0.29, 0.717) is 102 Å². The predicted molar refractivity (Wildman–Crippen MR) is 299 cm³/mol. The summed E-state index contributed by atoms with van der Waals surface area (Å²) >= 11 is 0. The van der Waals surface area contributed by atoms with Gasteiger partial charge in [-0.15, -0.1) is 0 Å². The normalized spacial score (nSPS) is 14.3. The van der Waals surface area contributed by atoms with E-state index in [1.807, 2.05) is 19.1 Å². The van der Waals surface area contributed by atoms with E-state index < -0.39 is 11.9 Å². The molecule has 0 saturated carbocycles. The van der Waals surface area contributed by atoms with Gasteiger partial charge in [0.25, 0.3) is 0 Å². The van der Waals surface area contributed by atoms with Crippen LogP contribution in [0.5, 0.6) is 17.2 Å². The van der Waals surface area contributed by atoms with Gasteiger partial charge in [0.05, 0.1) is 57.4 Å². The number of carboxylic acid groups (broad SMARTS) is 2. The van der Waals surface area contributed by atoms with Crippen LogP contribution < -0.4 is 14.2 Å². The van der Waals surface area contributed by atoms with E-state index in [-0.39, 0.29) is 35.2 Å². The lowest BCUT2D eigenvalue weighted by atomic mass is 9.85. The zero-order valence-corrected chi connectivity index (χ0v) is 45.5. The van der Waals surface area contributed by atoms with E-state index in [4.69, 9.17) is 33.2 Å². The molecule has 1 aliphatic heterocycles. The molecule has 10 bridgehead atoms. The first-order valence-electron chi connectivity index (χ1n) is 26.5. The Bertz CT molecular complexity index is 3020. The van der Waals surface area contributed by atoms with Crippen molar-refractivity contribution < 1.29 is 53.0 Å². The second-order valence-corrected chi connectivity index (χ2v) is 21.5.